The van der Waals surface area contributed by atoms with Crippen LogP contribution < -0.4 is 14.8 Å². The number of hydrogen-bond donors (Lipinski definition) is 1. The molecule has 0 radical (unpaired) electrons. The van der Waals surface area contributed by atoms with Crippen molar-refractivity contribution in [1.82, 2.24) is 5.32 Å². The monoisotopic (exact) mass is 449 g/mol. The SMILES string of the molecule is CCOc1cc(CNC(C)c2ccccc2)cc(Cl)c1OCc1ccccc1F.Cl. The Morgan fingerprint density at radius 2 is 1.70 bits per heavy atom. The molecule has 0 aliphatic rings. The third-order valence-corrected chi connectivity index (χ3v) is 4.89. The molecule has 0 heterocycles. The third kappa shape index (κ3) is 6.36. The number of nitrogens with one attached hydrogen (secondary N) is 1. The molecule has 0 saturated heterocycles. The predicted octanol–water partition coefficient (Wildman–Crippen LogP) is 6.73. The van der Waals surface area contributed by atoms with Crippen LogP contribution in [0.4, 0.5) is 4.39 Å². The third-order valence-electron chi connectivity index (χ3n) is 4.61. The molecule has 3 nitrogen and oxygen atoms in total. The molecular weight excluding hydrogens is 424 g/mol. The van der Waals surface area contributed by atoms with Crippen LogP contribution in [0.3, 0.4) is 0 Å². The first-order valence-electron chi connectivity index (χ1n) is 9.68. The van der Waals surface area contributed by atoms with E-state index in [9.17, 15) is 4.39 Å². The van der Waals surface area contributed by atoms with Gasteiger partial charge in [0.1, 0.15) is 12.4 Å². The minimum absolute atomic E-state index is 0. The normalized spacial score (nSPS) is 11.5. The molecule has 0 aromatic heterocycles. The van der Waals surface area contributed by atoms with Gasteiger partial charge in [0, 0.05) is 18.2 Å². The van der Waals surface area contributed by atoms with E-state index < -0.39 is 0 Å². The molecule has 0 amide bonds. The summed E-state index contributed by atoms with van der Waals surface area (Å²) in [6.07, 6.45) is 0. The molecule has 6 heteroatoms. The van der Waals surface area contributed by atoms with Crippen LogP contribution in [0.1, 0.15) is 36.6 Å². The van der Waals surface area contributed by atoms with Gasteiger partial charge < -0.3 is 14.8 Å². The summed E-state index contributed by atoms with van der Waals surface area (Å²) in [5, 5.41) is 3.93. The summed E-state index contributed by atoms with van der Waals surface area (Å²) in [6.45, 7) is 5.20. The standard InChI is InChI=1S/C24H25ClFNO2.ClH/c1-3-28-23-14-18(15-27-17(2)19-9-5-4-6-10-19)13-21(25)24(23)29-16-20-11-7-8-12-22(20)26;/h4-14,17,27H,3,15-16H2,1-2H3;1H. The van der Waals surface area contributed by atoms with Crippen LogP contribution in [-0.4, -0.2) is 6.61 Å². The summed E-state index contributed by atoms with van der Waals surface area (Å²) in [6, 6.07) is 20.7. The van der Waals surface area contributed by atoms with Crippen molar-refractivity contribution in [1.29, 1.82) is 0 Å². The molecule has 0 saturated carbocycles. The summed E-state index contributed by atoms with van der Waals surface area (Å²) < 4.78 is 25.4. The van der Waals surface area contributed by atoms with Crippen LogP contribution >= 0.6 is 24.0 Å². The highest BCUT2D eigenvalue weighted by Crippen LogP contribution is 2.37. The lowest BCUT2D eigenvalue weighted by atomic mass is 10.1. The fraction of sp³-hybridized carbons (Fsp3) is 0.250. The minimum atomic E-state index is -0.308. The van der Waals surface area contributed by atoms with Gasteiger partial charge in [-0.1, -0.05) is 60.1 Å². The molecule has 0 spiro atoms. The average Bonchev–Trinajstić information content (AvgIpc) is 2.73. The molecule has 0 aliphatic carbocycles. The van der Waals surface area contributed by atoms with Crippen LogP contribution in [0.5, 0.6) is 11.5 Å². The van der Waals surface area contributed by atoms with Crippen LogP contribution in [0, 0.1) is 5.82 Å². The highest BCUT2D eigenvalue weighted by Gasteiger charge is 2.14. The quantitative estimate of drug-likeness (QED) is 0.392. The highest BCUT2D eigenvalue weighted by atomic mass is 35.5. The molecule has 1 N–H and O–H groups in total. The van der Waals surface area contributed by atoms with E-state index in [0.717, 1.165) is 5.56 Å². The minimum Gasteiger partial charge on any atom is -0.490 e. The molecule has 3 aromatic rings. The predicted molar refractivity (Wildman–Crippen MR) is 122 cm³/mol. The van der Waals surface area contributed by atoms with Gasteiger partial charge in [0.2, 0.25) is 0 Å². The van der Waals surface area contributed by atoms with E-state index in [1.807, 2.05) is 37.3 Å². The smallest absolute Gasteiger partial charge is 0.180 e. The Balaban J connectivity index is 0.00000320. The van der Waals surface area contributed by atoms with Crippen molar-refractivity contribution in [3.8, 4) is 11.5 Å². The summed E-state index contributed by atoms with van der Waals surface area (Å²) in [5.74, 6) is 0.675. The second-order valence-corrected chi connectivity index (χ2v) is 7.14. The van der Waals surface area contributed by atoms with E-state index >= 15 is 0 Å². The van der Waals surface area contributed by atoms with Crippen molar-refractivity contribution in [3.63, 3.8) is 0 Å². The molecule has 1 atom stereocenters. The molecular formula is C24H26Cl2FNO2. The van der Waals surface area contributed by atoms with Crippen molar-refractivity contribution in [3.05, 3.63) is 94.3 Å². The fourth-order valence-corrected chi connectivity index (χ4v) is 3.31. The van der Waals surface area contributed by atoms with Gasteiger partial charge in [0.05, 0.1) is 11.6 Å². The van der Waals surface area contributed by atoms with Crippen LogP contribution in [-0.2, 0) is 13.2 Å². The first kappa shape index (κ1) is 24.0. The molecule has 3 aromatic carbocycles. The molecule has 160 valence electrons. The van der Waals surface area contributed by atoms with Gasteiger partial charge in [-0.15, -0.1) is 12.4 Å². The van der Waals surface area contributed by atoms with Gasteiger partial charge in [-0.3, -0.25) is 0 Å². The van der Waals surface area contributed by atoms with Gasteiger partial charge in [0.15, 0.2) is 11.5 Å². The van der Waals surface area contributed by atoms with Crippen molar-refractivity contribution < 1.29 is 13.9 Å². The van der Waals surface area contributed by atoms with Crippen molar-refractivity contribution in [2.45, 2.75) is 33.0 Å². The number of hydrogen-bond acceptors (Lipinski definition) is 3. The Morgan fingerprint density at radius 3 is 2.40 bits per heavy atom. The van der Waals surface area contributed by atoms with Crippen molar-refractivity contribution in [2.24, 2.45) is 0 Å². The van der Waals surface area contributed by atoms with Crippen molar-refractivity contribution >= 4 is 24.0 Å². The maximum absolute atomic E-state index is 13.9. The lowest BCUT2D eigenvalue weighted by Gasteiger charge is -2.18. The van der Waals surface area contributed by atoms with Crippen LogP contribution in [0.2, 0.25) is 5.02 Å². The molecule has 30 heavy (non-hydrogen) atoms. The van der Waals surface area contributed by atoms with E-state index in [1.54, 1.807) is 18.2 Å². The van der Waals surface area contributed by atoms with E-state index in [2.05, 4.69) is 24.4 Å². The van der Waals surface area contributed by atoms with Gasteiger partial charge in [-0.05, 0) is 43.2 Å². The number of halogens is 3. The molecule has 0 fully saturated rings. The maximum Gasteiger partial charge on any atom is 0.180 e. The van der Waals surface area contributed by atoms with E-state index in [0.29, 0.717) is 35.2 Å². The lowest BCUT2D eigenvalue weighted by Crippen LogP contribution is -2.18. The van der Waals surface area contributed by atoms with Gasteiger partial charge in [-0.25, -0.2) is 4.39 Å². The zero-order valence-electron chi connectivity index (χ0n) is 17.0. The summed E-state index contributed by atoms with van der Waals surface area (Å²) in [5.41, 5.74) is 2.67. The summed E-state index contributed by atoms with van der Waals surface area (Å²) in [4.78, 5) is 0. The van der Waals surface area contributed by atoms with E-state index in [1.165, 1.54) is 11.6 Å². The summed E-state index contributed by atoms with van der Waals surface area (Å²) in [7, 11) is 0. The first-order chi connectivity index (χ1) is 14.1. The number of benzene rings is 3. The Kier molecular flexibility index (Phi) is 9.44. The Labute approximate surface area is 188 Å². The second kappa shape index (κ2) is 11.8. The number of ether oxygens (including phenoxy) is 2. The molecule has 1 unspecified atom stereocenters. The fourth-order valence-electron chi connectivity index (χ4n) is 3.02. The highest BCUT2D eigenvalue weighted by molar-refractivity contribution is 6.32. The second-order valence-electron chi connectivity index (χ2n) is 6.73. The topological polar surface area (TPSA) is 30.5 Å². The maximum atomic E-state index is 13.9. The molecule has 0 aliphatic heterocycles. The van der Waals surface area contributed by atoms with Gasteiger partial charge in [0.25, 0.3) is 0 Å². The largest absolute Gasteiger partial charge is 0.490 e. The van der Waals surface area contributed by atoms with Gasteiger partial charge >= 0.3 is 0 Å². The van der Waals surface area contributed by atoms with E-state index in [4.69, 9.17) is 21.1 Å². The Bertz CT molecular complexity index is 938. The van der Waals surface area contributed by atoms with Crippen molar-refractivity contribution in [2.75, 3.05) is 6.61 Å². The average molecular weight is 450 g/mol. The first-order valence-corrected chi connectivity index (χ1v) is 10.1. The Hall–Kier alpha value is -2.27. The van der Waals surface area contributed by atoms with E-state index in [-0.39, 0.29) is 30.9 Å². The molecule has 3 rings (SSSR count). The van der Waals surface area contributed by atoms with Crippen LogP contribution in [0.15, 0.2) is 66.7 Å². The Morgan fingerprint density at radius 1 is 1.00 bits per heavy atom. The zero-order chi connectivity index (χ0) is 20.6. The number of rotatable bonds is 9. The zero-order valence-corrected chi connectivity index (χ0v) is 18.6. The molecule has 0 bridgehead atoms. The van der Waals surface area contributed by atoms with Gasteiger partial charge in [-0.2, -0.15) is 0 Å². The lowest BCUT2D eigenvalue weighted by molar-refractivity contribution is 0.265. The van der Waals surface area contributed by atoms with Crippen LogP contribution in [0.25, 0.3) is 0 Å². The summed E-state index contributed by atoms with van der Waals surface area (Å²) >= 11 is 6.48.